The predicted octanol–water partition coefficient (Wildman–Crippen LogP) is 4.53. The molecular formula is C23H23BrN2O5. The van der Waals surface area contributed by atoms with E-state index in [0.717, 1.165) is 22.4 Å². The largest absolute Gasteiger partial charge is 0.493 e. The van der Waals surface area contributed by atoms with Crippen LogP contribution in [-0.4, -0.2) is 31.6 Å². The molecular weight excluding hydrogens is 464 g/mol. The number of barbiturate groups is 1. The summed E-state index contributed by atoms with van der Waals surface area (Å²) in [5.41, 5.74) is 2.74. The molecule has 1 N–H and O–H groups in total. The number of methoxy groups -OCH3 is 1. The number of hydrogen-bond acceptors (Lipinski definition) is 5. The van der Waals surface area contributed by atoms with Gasteiger partial charge in [0.25, 0.3) is 11.8 Å². The highest BCUT2D eigenvalue weighted by Crippen LogP contribution is 2.37. The van der Waals surface area contributed by atoms with Crippen molar-refractivity contribution in [3.05, 3.63) is 57.1 Å². The SMILES string of the molecule is CCCOc1c(Br)cc(/C=C2\C(=O)NC(=O)N(c3ccc(C)c(C)c3)C2=O)cc1OC. The minimum absolute atomic E-state index is 0.158. The number of imide groups is 2. The summed E-state index contributed by atoms with van der Waals surface area (Å²) >= 11 is 3.45. The van der Waals surface area contributed by atoms with E-state index in [1.165, 1.54) is 13.2 Å². The predicted molar refractivity (Wildman–Crippen MR) is 121 cm³/mol. The van der Waals surface area contributed by atoms with Crippen molar-refractivity contribution in [2.75, 3.05) is 18.6 Å². The highest BCUT2D eigenvalue weighted by molar-refractivity contribution is 9.10. The van der Waals surface area contributed by atoms with Crippen LogP contribution in [0.1, 0.15) is 30.0 Å². The molecule has 1 heterocycles. The Kier molecular flexibility index (Phi) is 6.80. The molecule has 0 saturated carbocycles. The van der Waals surface area contributed by atoms with E-state index in [9.17, 15) is 14.4 Å². The van der Waals surface area contributed by atoms with Crippen molar-refractivity contribution in [1.29, 1.82) is 0 Å². The maximum atomic E-state index is 13.1. The lowest BCUT2D eigenvalue weighted by Gasteiger charge is -2.27. The van der Waals surface area contributed by atoms with Crippen molar-refractivity contribution >= 4 is 45.5 Å². The van der Waals surface area contributed by atoms with Gasteiger partial charge in [0, 0.05) is 0 Å². The number of carbonyl (C=O) groups excluding carboxylic acids is 3. The molecule has 31 heavy (non-hydrogen) atoms. The zero-order valence-electron chi connectivity index (χ0n) is 17.7. The Labute approximate surface area is 189 Å². The molecule has 0 aromatic heterocycles. The van der Waals surface area contributed by atoms with Crippen LogP contribution >= 0.6 is 15.9 Å². The molecule has 1 saturated heterocycles. The first-order valence-corrected chi connectivity index (χ1v) is 10.5. The number of urea groups is 1. The van der Waals surface area contributed by atoms with Gasteiger partial charge in [-0.15, -0.1) is 0 Å². The first-order valence-electron chi connectivity index (χ1n) is 9.75. The van der Waals surface area contributed by atoms with Crippen LogP contribution in [0.5, 0.6) is 11.5 Å². The summed E-state index contributed by atoms with van der Waals surface area (Å²) in [4.78, 5) is 38.9. The van der Waals surface area contributed by atoms with Crippen molar-refractivity contribution in [2.45, 2.75) is 27.2 Å². The van der Waals surface area contributed by atoms with E-state index in [1.807, 2.05) is 26.8 Å². The van der Waals surface area contributed by atoms with Gasteiger partial charge in [0.15, 0.2) is 11.5 Å². The lowest BCUT2D eigenvalue weighted by molar-refractivity contribution is -0.122. The van der Waals surface area contributed by atoms with Gasteiger partial charge in [-0.25, -0.2) is 9.69 Å². The standard InChI is InChI=1S/C23H23BrN2O5/c1-5-8-31-20-18(24)11-15(12-19(20)30-4)10-17-21(27)25-23(29)26(22(17)28)16-7-6-13(2)14(3)9-16/h6-7,9-12H,5,8H2,1-4H3,(H,25,27,29)/b17-10+. The van der Waals surface area contributed by atoms with Gasteiger partial charge in [-0.1, -0.05) is 13.0 Å². The second-order valence-electron chi connectivity index (χ2n) is 7.11. The fourth-order valence-corrected chi connectivity index (χ4v) is 3.66. The molecule has 1 aliphatic heterocycles. The zero-order valence-corrected chi connectivity index (χ0v) is 19.3. The van der Waals surface area contributed by atoms with E-state index in [1.54, 1.807) is 24.3 Å². The lowest BCUT2D eigenvalue weighted by atomic mass is 10.0. The second kappa shape index (κ2) is 9.34. The maximum absolute atomic E-state index is 13.1. The Morgan fingerprint density at radius 3 is 2.48 bits per heavy atom. The van der Waals surface area contributed by atoms with Crippen molar-refractivity contribution < 1.29 is 23.9 Å². The van der Waals surface area contributed by atoms with Crippen LogP contribution in [0.4, 0.5) is 10.5 Å². The van der Waals surface area contributed by atoms with Crippen molar-refractivity contribution in [3.63, 3.8) is 0 Å². The maximum Gasteiger partial charge on any atom is 0.335 e. The van der Waals surface area contributed by atoms with Crippen LogP contribution in [0, 0.1) is 13.8 Å². The van der Waals surface area contributed by atoms with Gasteiger partial charge in [0.05, 0.1) is 23.9 Å². The molecule has 0 radical (unpaired) electrons. The van der Waals surface area contributed by atoms with Crippen molar-refractivity contribution in [2.24, 2.45) is 0 Å². The molecule has 0 spiro atoms. The minimum Gasteiger partial charge on any atom is -0.493 e. The van der Waals surface area contributed by atoms with E-state index in [-0.39, 0.29) is 5.57 Å². The Hall–Kier alpha value is -3.13. The average Bonchev–Trinajstić information content (AvgIpc) is 2.72. The molecule has 1 fully saturated rings. The molecule has 2 aromatic rings. The van der Waals surface area contributed by atoms with Gasteiger partial charge in [0.1, 0.15) is 5.57 Å². The molecule has 4 amide bonds. The van der Waals surface area contributed by atoms with Gasteiger partial charge < -0.3 is 9.47 Å². The first-order chi connectivity index (χ1) is 14.8. The first kappa shape index (κ1) is 22.6. The smallest absolute Gasteiger partial charge is 0.335 e. The third-order valence-corrected chi connectivity index (χ3v) is 5.45. The average molecular weight is 487 g/mol. The molecule has 3 rings (SSSR count). The topological polar surface area (TPSA) is 84.9 Å². The van der Waals surface area contributed by atoms with E-state index in [0.29, 0.717) is 33.8 Å². The molecule has 8 heteroatoms. The molecule has 1 aliphatic rings. The van der Waals surface area contributed by atoms with E-state index in [2.05, 4.69) is 21.2 Å². The monoisotopic (exact) mass is 486 g/mol. The number of amides is 4. The molecule has 2 aromatic carbocycles. The van der Waals surface area contributed by atoms with Gasteiger partial charge in [0.2, 0.25) is 0 Å². The van der Waals surface area contributed by atoms with Crippen molar-refractivity contribution in [3.8, 4) is 11.5 Å². The van der Waals surface area contributed by atoms with Gasteiger partial charge in [-0.05, 0) is 83.2 Å². The third kappa shape index (κ3) is 4.64. The zero-order chi connectivity index (χ0) is 22.7. The van der Waals surface area contributed by atoms with Crippen LogP contribution in [-0.2, 0) is 9.59 Å². The number of benzene rings is 2. The number of hydrogen-bond donors (Lipinski definition) is 1. The Morgan fingerprint density at radius 2 is 1.84 bits per heavy atom. The van der Waals surface area contributed by atoms with E-state index < -0.39 is 17.8 Å². The molecule has 0 aliphatic carbocycles. The molecule has 162 valence electrons. The number of carbonyl (C=O) groups is 3. The van der Waals surface area contributed by atoms with Crippen LogP contribution in [0.25, 0.3) is 6.08 Å². The highest BCUT2D eigenvalue weighted by Gasteiger charge is 2.37. The summed E-state index contributed by atoms with van der Waals surface area (Å²) in [5, 5.41) is 2.24. The Bertz CT molecular complexity index is 1090. The highest BCUT2D eigenvalue weighted by atomic mass is 79.9. The Morgan fingerprint density at radius 1 is 1.10 bits per heavy atom. The van der Waals surface area contributed by atoms with Gasteiger partial charge >= 0.3 is 6.03 Å². The number of anilines is 1. The number of nitrogens with zero attached hydrogens (tertiary/aromatic N) is 1. The van der Waals surface area contributed by atoms with Crippen molar-refractivity contribution in [1.82, 2.24) is 5.32 Å². The molecule has 0 unspecified atom stereocenters. The summed E-state index contributed by atoms with van der Waals surface area (Å²) in [6.45, 7) is 6.34. The van der Waals surface area contributed by atoms with E-state index in [4.69, 9.17) is 9.47 Å². The quantitative estimate of drug-likeness (QED) is 0.478. The number of halogens is 1. The van der Waals surface area contributed by atoms with Gasteiger partial charge in [-0.2, -0.15) is 0 Å². The number of rotatable bonds is 6. The number of nitrogens with one attached hydrogen (secondary N) is 1. The van der Waals surface area contributed by atoms with Crippen LogP contribution in [0.15, 0.2) is 40.4 Å². The lowest BCUT2D eigenvalue weighted by Crippen LogP contribution is -2.54. The van der Waals surface area contributed by atoms with Gasteiger partial charge in [-0.3, -0.25) is 14.9 Å². The normalized spacial score (nSPS) is 15.3. The molecule has 7 nitrogen and oxygen atoms in total. The number of ether oxygens (including phenoxy) is 2. The summed E-state index contributed by atoms with van der Waals surface area (Å²) < 4.78 is 11.7. The van der Waals surface area contributed by atoms with Crippen LogP contribution in [0.3, 0.4) is 0 Å². The third-order valence-electron chi connectivity index (χ3n) is 4.86. The minimum atomic E-state index is -0.780. The van der Waals surface area contributed by atoms with Crippen LogP contribution < -0.4 is 19.7 Å². The fourth-order valence-electron chi connectivity index (χ4n) is 3.09. The fraction of sp³-hybridized carbons (Fsp3) is 0.261. The van der Waals surface area contributed by atoms with Crippen LogP contribution in [0.2, 0.25) is 0 Å². The Balaban J connectivity index is 2.01. The summed E-state index contributed by atoms with van der Waals surface area (Å²) in [7, 11) is 1.51. The number of aryl methyl sites for hydroxylation is 2. The van der Waals surface area contributed by atoms with E-state index >= 15 is 0 Å². The molecule has 0 bridgehead atoms. The summed E-state index contributed by atoms with van der Waals surface area (Å²) in [6, 6.07) is 7.84. The summed E-state index contributed by atoms with van der Waals surface area (Å²) in [6.07, 6.45) is 2.26. The molecule has 0 atom stereocenters. The second-order valence-corrected chi connectivity index (χ2v) is 7.96. The summed E-state index contributed by atoms with van der Waals surface area (Å²) in [5.74, 6) is -0.451.